The van der Waals surface area contributed by atoms with E-state index in [2.05, 4.69) is 207 Å². The zero-order valence-corrected chi connectivity index (χ0v) is 56.7. The standard InChI is InChI=1S/C45H41NO6.C39H35Cl2NO2.CH3F/c1-4-44(47)51-28-10-26-49-37-22-18-34(19-23-37)46(35-20-24-38(25-21-35)50-27-11-29-52-45(48)5-2)36-17-16-32(3)42(31-36)43-30-33-12-6-7-13-39(33)40-14-8-9-15-41(40)43;1-28-12-13-32(27-38(28)39-26-29-8-2-3-9-35(29)36-10-4-5-11-37(36)39)42(30-14-18-33(19-15-30)43-24-6-22-40)31-16-20-34(21-17-31)44-25-7-23-41;1-2/h4-9,12-25,30-31H,1-2,10-11,26-29H2,3H3;2-5,8-21,26-27H,6-7,22-25H2,1H3;1H3/i;;1D. The quantitative estimate of drug-likeness (QED) is 0.0155. The normalized spacial score (nSPS) is 10.9. The Hall–Kier alpha value is -10.6. The molecule has 10 nitrogen and oxygen atoms in total. The molecule has 0 aliphatic carbocycles. The summed E-state index contributed by atoms with van der Waals surface area (Å²) in [5.74, 6) is 3.37. The second-order valence-corrected chi connectivity index (χ2v) is 23.7. The summed E-state index contributed by atoms with van der Waals surface area (Å²) < 4.78 is 49.3. The third-order valence-electron chi connectivity index (χ3n) is 16.5. The Balaban J connectivity index is 0.000000209. The number of aryl methyl sites for hydroxylation is 2. The minimum absolute atomic E-state index is 0.265. The molecule has 0 spiro atoms. The van der Waals surface area contributed by atoms with E-state index in [-0.39, 0.29) is 13.2 Å². The van der Waals surface area contributed by atoms with Gasteiger partial charge < -0.3 is 38.2 Å². The van der Waals surface area contributed by atoms with Gasteiger partial charge in [0.1, 0.15) is 23.0 Å². The number of hydrogen-bond acceptors (Lipinski definition) is 10. The molecular weight excluding hydrogens is 1270 g/mol. The van der Waals surface area contributed by atoms with Crippen molar-refractivity contribution in [2.24, 2.45) is 0 Å². The maximum absolute atomic E-state index is 11.3. The minimum Gasteiger partial charge on any atom is -0.494 e. The number of rotatable bonds is 28. The molecule has 0 heterocycles. The van der Waals surface area contributed by atoms with Crippen LogP contribution in [0.2, 0.25) is 0 Å². The fraction of sp³-hybridized carbons (Fsp3) is 0.176. The number of alkyl halides is 3. The predicted molar refractivity (Wildman–Crippen MR) is 404 cm³/mol. The van der Waals surface area contributed by atoms with E-state index < -0.39 is 19.1 Å². The van der Waals surface area contributed by atoms with E-state index in [1.165, 1.54) is 70.9 Å². The van der Waals surface area contributed by atoms with Gasteiger partial charge in [-0.1, -0.05) is 122 Å². The third kappa shape index (κ3) is 17.7. The van der Waals surface area contributed by atoms with Crippen LogP contribution in [0, 0.1) is 13.8 Å². The average Bonchev–Trinajstić information content (AvgIpc) is 0.764. The zero-order valence-electron chi connectivity index (χ0n) is 56.1. The molecule has 498 valence electrons. The predicted octanol–water partition coefficient (Wildman–Crippen LogP) is 22.5. The van der Waals surface area contributed by atoms with E-state index in [0.717, 1.165) is 76.2 Å². The monoisotopic (exact) mass is 1350 g/mol. The SMILES string of the molecule is C=CC(=O)OCCCOc1ccc(N(c2ccc(OCCCOC(=O)C=C)cc2)c2ccc(C)c(-c3cc4ccccc4c4ccccc34)c2)cc1.Cc1ccc(N(c2ccc(OCCCCl)cc2)c2ccc(OCCCCl)cc2)cc1-c1cc2ccccc2c2ccccc12.[2H]CF. The summed E-state index contributed by atoms with van der Waals surface area (Å²) in [6.07, 6.45) is 5.06. The molecule has 0 saturated carbocycles. The molecule has 0 aromatic heterocycles. The van der Waals surface area contributed by atoms with Crippen molar-refractivity contribution in [3.05, 3.63) is 279 Å². The molecule has 0 aliphatic rings. The first-order chi connectivity index (χ1) is 48.5. The Morgan fingerprint density at radius 1 is 0.378 bits per heavy atom. The van der Waals surface area contributed by atoms with E-state index in [1.807, 2.05) is 72.8 Å². The van der Waals surface area contributed by atoms with Gasteiger partial charge in [0.15, 0.2) is 0 Å². The van der Waals surface area contributed by atoms with Crippen LogP contribution in [0.3, 0.4) is 0 Å². The van der Waals surface area contributed by atoms with Crippen molar-refractivity contribution in [1.82, 2.24) is 0 Å². The topological polar surface area (TPSA) is 96.0 Å². The maximum Gasteiger partial charge on any atom is 0.330 e. The molecule has 0 saturated heterocycles. The van der Waals surface area contributed by atoms with Crippen LogP contribution in [0.25, 0.3) is 65.3 Å². The summed E-state index contributed by atoms with van der Waals surface area (Å²) in [6.45, 7) is 13.7. The summed E-state index contributed by atoms with van der Waals surface area (Å²) >= 11 is 11.7. The first-order valence-corrected chi connectivity index (χ1v) is 33.7. The Labute approximate surface area is 585 Å². The summed E-state index contributed by atoms with van der Waals surface area (Å²) in [6, 6.07) is 84.8. The number of fused-ring (bicyclic) bond motifs is 6. The molecule has 0 amide bonds. The molecule has 13 heteroatoms. The van der Waals surface area contributed by atoms with Crippen molar-refractivity contribution < 1.29 is 43.8 Å². The molecule has 0 radical (unpaired) electrons. The summed E-state index contributed by atoms with van der Waals surface area (Å²) in [5, 5.41) is 9.86. The smallest absolute Gasteiger partial charge is 0.330 e. The van der Waals surface area contributed by atoms with Gasteiger partial charge in [-0.15, -0.1) is 23.2 Å². The van der Waals surface area contributed by atoms with E-state index in [9.17, 15) is 14.0 Å². The molecule has 12 aromatic rings. The van der Waals surface area contributed by atoms with E-state index in [0.29, 0.717) is 62.5 Å². The number of esters is 2. The van der Waals surface area contributed by atoms with Gasteiger partial charge in [0.2, 0.25) is 0 Å². The van der Waals surface area contributed by atoms with Crippen LogP contribution in [0.4, 0.5) is 38.5 Å². The number of halogens is 3. The van der Waals surface area contributed by atoms with E-state index in [4.69, 9.17) is 53.0 Å². The van der Waals surface area contributed by atoms with Crippen LogP contribution in [-0.4, -0.2) is 70.5 Å². The Bertz CT molecular complexity index is 4540. The highest BCUT2D eigenvalue weighted by molar-refractivity contribution is 6.18. The summed E-state index contributed by atoms with van der Waals surface area (Å²) in [4.78, 5) is 27.1. The molecule has 12 aromatic carbocycles. The van der Waals surface area contributed by atoms with Crippen molar-refractivity contribution in [2.75, 3.05) is 68.4 Å². The van der Waals surface area contributed by atoms with Crippen LogP contribution >= 0.6 is 23.2 Å². The van der Waals surface area contributed by atoms with Crippen molar-refractivity contribution in [2.45, 2.75) is 39.5 Å². The zero-order chi connectivity index (χ0) is 69.3. The number of ether oxygens (including phenoxy) is 6. The lowest BCUT2D eigenvalue weighted by Gasteiger charge is -2.27. The highest BCUT2D eigenvalue weighted by Gasteiger charge is 2.20. The van der Waals surface area contributed by atoms with Gasteiger partial charge in [-0.25, -0.2) is 9.59 Å². The van der Waals surface area contributed by atoms with Crippen LogP contribution < -0.4 is 28.7 Å². The largest absolute Gasteiger partial charge is 0.494 e. The average molecular weight is 1350 g/mol. The van der Waals surface area contributed by atoms with Crippen LogP contribution in [0.5, 0.6) is 23.0 Å². The fourth-order valence-corrected chi connectivity index (χ4v) is 12.0. The highest BCUT2D eigenvalue weighted by Crippen LogP contribution is 2.44. The molecule has 0 fully saturated rings. The number of benzene rings is 12. The van der Waals surface area contributed by atoms with Gasteiger partial charge in [-0.3, -0.25) is 4.39 Å². The van der Waals surface area contributed by atoms with Gasteiger partial charge in [0.05, 0.1) is 48.2 Å². The second-order valence-electron chi connectivity index (χ2n) is 23.0. The number of hydrogen-bond donors (Lipinski definition) is 0. The highest BCUT2D eigenvalue weighted by atomic mass is 35.5. The minimum atomic E-state index is -1.00. The van der Waals surface area contributed by atoms with Gasteiger partial charge in [0.25, 0.3) is 0 Å². The van der Waals surface area contributed by atoms with Crippen molar-refractivity contribution in [3.63, 3.8) is 0 Å². The third-order valence-corrected chi connectivity index (χ3v) is 17.0. The fourth-order valence-electron chi connectivity index (χ4n) is 11.7. The number of carbonyl (C=O) groups excluding carboxylic acids is 2. The lowest BCUT2D eigenvalue weighted by atomic mass is 9.91. The Kier molecular flexibility index (Phi) is 24.9. The number of carbonyl (C=O) groups is 2. The first-order valence-electron chi connectivity index (χ1n) is 33.3. The van der Waals surface area contributed by atoms with Gasteiger partial charge in [0, 0.05) is 70.9 Å². The van der Waals surface area contributed by atoms with E-state index >= 15 is 0 Å². The Morgan fingerprint density at radius 2 is 0.663 bits per heavy atom. The van der Waals surface area contributed by atoms with Gasteiger partial charge >= 0.3 is 11.9 Å². The molecule has 0 aliphatic heterocycles. The summed E-state index contributed by atoms with van der Waals surface area (Å²) in [7, 11) is -1.00. The van der Waals surface area contributed by atoms with Crippen molar-refractivity contribution in [1.29, 1.82) is 0 Å². The molecule has 0 unspecified atom stereocenters. The molecule has 0 N–H and O–H groups in total. The Morgan fingerprint density at radius 3 is 0.980 bits per heavy atom. The number of anilines is 6. The van der Waals surface area contributed by atoms with Crippen LogP contribution in [0.1, 0.15) is 38.2 Å². The van der Waals surface area contributed by atoms with Gasteiger partial charge in [-0.2, -0.15) is 0 Å². The molecule has 12 rings (SSSR count). The second kappa shape index (κ2) is 35.4. The van der Waals surface area contributed by atoms with Crippen LogP contribution in [0.15, 0.2) is 268 Å². The first kappa shape index (κ1) is 68.8. The molecular formula is C85H79Cl2FN2O8. The summed E-state index contributed by atoms with van der Waals surface area (Å²) in [5.41, 5.74) is 13.2. The maximum atomic E-state index is 11.3. The lowest BCUT2D eigenvalue weighted by molar-refractivity contribution is -0.138. The van der Waals surface area contributed by atoms with E-state index in [1.54, 1.807) is 0 Å². The lowest BCUT2D eigenvalue weighted by Crippen LogP contribution is -2.11. The number of nitrogens with zero attached hydrogens (tertiary/aromatic N) is 2. The molecule has 0 bridgehead atoms. The van der Waals surface area contributed by atoms with Gasteiger partial charge in [-0.05, 0) is 237 Å². The van der Waals surface area contributed by atoms with Crippen molar-refractivity contribution >= 4 is 112 Å². The van der Waals surface area contributed by atoms with Crippen molar-refractivity contribution in [3.8, 4) is 45.3 Å². The van der Waals surface area contributed by atoms with Crippen LogP contribution in [-0.2, 0) is 19.1 Å². The molecule has 98 heavy (non-hydrogen) atoms. The molecule has 0 atom stereocenters.